The van der Waals surface area contributed by atoms with E-state index in [-0.39, 0.29) is 22.5 Å². The minimum Gasteiger partial charge on any atom is -0.506 e. The van der Waals surface area contributed by atoms with Gasteiger partial charge in [-0.25, -0.2) is 4.79 Å². The van der Waals surface area contributed by atoms with Crippen molar-refractivity contribution in [2.24, 2.45) is 0 Å². The Labute approximate surface area is 281 Å². The van der Waals surface area contributed by atoms with Gasteiger partial charge in [-0.05, 0) is 57.0 Å². The Morgan fingerprint density at radius 3 is 2.09 bits per heavy atom. The Hall–Kier alpha value is -3.93. The molecule has 0 fully saturated rings. The van der Waals surface area contributed by atoms with Gasteiger partial charge in [0.1, 0.15) is 12.3 Å². The van der Waals surface area contributed by atoms with Crippen LogP contribution in [-0.4, -0.2) is 45.3 Å². The van der Waals surface area contributed by atoms with Crippen molar-refractivity contribution in [3.8, 4) is 0 Å². The van der Waals surface area contributed by atoms with Crippen LogP contribution < -0.4 is 4.90 Å². The molecule has 3 aliphatic rings. The minimum atomic E-state index is -0.956. The molecule has 2 aromatic rings. The summed E-state index contributed by atoms with van der Waals surface area (Å²) >= 11 is 0. The molecule has 1 aliphatic carbocycles. The van der Waals surface area contributed by atoms with Crippen LogP contribution in [0.2, 0.25) is 0 Å². The average Bonchev–Trinajstić information content (AvgIpc) is 3.40. The molecule has 0 saturated heterocycles. The van der Waals surface area contributed by atoms with Crippen LogP contribution in [0.25, 0.3) is 0 Å². The third-order valence-corrected chi connectivity index (χ3v) is 10.6. The van der Waals surface area contributed by atoms with E-state index in [0.717, 1.165) is 54.3 Å². The van der Waals surface area contributed by atoms with Gasteiger partial charge in [0.2, 0.25) is 11.5 Å². The van der Waals surface area contributed by atoms with Crippen molar-refractivity contribution in [2.45, 2.75) is 117 Å². The van der Waals surface area contributed by atoms with Crippen molar-refractivity contribution in [2.75, 3.05) is 18.0 Å². The number of rotatable bonds is 15. The highest BCUT2D eigenvalue weighted by molar-refractivity contribution is 6.24. The lowest BCUT2D eigenvalue weighted by Gasteiger charge is -2.28. The highest BCUT2D eigenvalue weighted by atomic mass is 16.4. The van der Waals surface area contributed by atoms with Gasteiger partial charge < -0.3 is 15.1 Å². The predicted molar refractivity (Wildman–Crippen MR) is 191 cm³/mol. The number of carbonyl (C=O) groups is 2. The second-order valence-electron chi connectivity index (χ2n) is 14.4. The minimum absolute atomic E-state index is 0.0228. The molecule has 6 nitrogen and oxygen atoms in total. The van der Waals surface area contributed by atoms with Crippen molar-refractivity contribution in [3.63, 3.8) is 0 Å². The van der Waals surface area contributed by atoms with E-state index in [1.165, 1.54) is 56.9 Å². The molecule has 6 heteroatoms. The van der Waals surface area contributed by atoms with Crippen LogP contribution in [0.3, 0.4) is 0 Å². The predicted octanol–water partition coefficient (Wildman–Crippen LogP) is 9.70. The molecule has 2 aliphatic heterocycles. The van der Waals surface area contributed by atoms with E-state index in [1.54, 1.807) is 12.1 Å². The maximum Gasteiger partial charge on any atom is 0.335 e. The topological polar surface area (TPSA) is 80.8 Å². The van der Waals surface area contributed by atoms with E-state index in [9.17, 15) is 19.8 Å². The molecular formula is C41H53N2O4+. The van der Waals surface area contributed by atoms with Gasteiger partial charge >= 0.3 is 5.97 Å². The second kappa shape index (κ2) is 14.0. The average molecular weight is 638 g/mol. The maximum atomic E-state index is 13.7. The standard InChI is InChI=1S/C41H52N2O4/c1-7-9-10-11-12-13-14-15-16-19-24-43-34-23-22-28(39(46)47)25-32(34)41(5,6)36(43)27-30-37(44)29(38(30)45)26-35-40(3,4)31-20-17-18-21-33(31)42(35)8-2/h17-18,20-23,25-27H,7-16,19,24H2,1-6H3,(H-,44,45,46,47)/p+1. The van der Waals surface area contributed by atoms with Gasteiger partial charge in [-0.1, -0.05) is 90.3 Å². The molecule has 5 rings (SSSR count). The number of Topliss-reactive ketones (excluding diaryl/α,β-unsaturated/α-hetero) is 1. The molecule has 0 aromatic heterocycles. The summed E-state index contributed by atoms with van der Waals surface area (Å²) in [5.41, 5.74) is 6.22. The summed E-state index contributed by atoms with van der Waals surface area (Å²) in [5, 5.41) is 21.1. The summed E-state index contributed by atoms with van der Waals surface area (Å²) in [6.45, 7) is 14.4. The number of likely N-dealkylation sites (N-methyl/N-ethyl adjacent to an activating group) is 1. The van der Waals surface area contributed by atoms with Crippen LogP contribution >= 0.6 is 0 Å². The zero-order valence-electron chi connectivity index (χ0n) is 29.3. The summed E-state index contributed by atoms with van der Waals surface area (Å²) in [7, 11) is 0. The Kier molecular flexibility index (Phi) is 10.3. The van der Waals surface area contributed by atoms with E-state index in [4.69, 9.17) is 0 Å². The molecule has 0 saturated carbocycles. The number of para-hydroxylation sites is 1. The number of nitrogens with zero attached hydrogens (tertiary/aromatic N) is 2. The summed E-state index contributed by atoms with van der Waals surface area (Å²) in [4.78, 5) is 27.9. The number of hydrogen-bond acceptors (Lipinski definition) is 4. The Bertz CT molecular complexity index is 1670. The lowest BCUT2D eigenvalue weighted by Crippen LogP contribution is -2.32. The molecule has 2 aromatic carbocycles. The van der Waals surface area contributed by atoms with E-state index in [1.807, 2.05) is 30.4 Å². The number of carboxylic acid groups (broad SMARTS) is 1. The van der Waals surface area contributed by atoms with Crippen molar-refractivity contribution in [1.29, 1.82) is 0 Å². The van der Waals surface area contributed by atoms with E-state index < -0.39 is 11.4 Å². The fourth-order valence-corrected chi connectivity index (χ4v) is 7.69. The lowest BCUT2D eigenvalue weighted by molar-refractivity contribution is -0.438. The van der Waals surface area contributed by atoms with Crippen molar-refractivity contribution >= 4 is 28.8 Å². The number of anilines is 1. The first-order chi connectivity index (χ1) is 22.4. The zero-order valence-corrected chi connectivity index (χ0v) is 29.3. The van der Waals surface area contributed by atoms with Gasteiger partial charge in [-0.2, -0.15) is 4.58 Å². The number of benzene rings is 2. The number of carbonyl (C=O) groups excluding carboxylic acids is 1. The van der Waals surface area contributed by atoms with E-state index in [0.29, 0.717) is 11.1 Å². The van der Waals surface area contributed by atoms with E-state index in [2.05, 4.69) is 63.2 Å². The van der Waals surface area contributed by atoms with Crippen LogP contribution in [0.5, 0.6) is 0 Å². The number of carboxylic acids is 1. The highest BCUT2D eigenvalue weighted by Gasteiger charge is 2.47. The number of aliphatic hydroxyl groups excluding tert-OH is 1. The molecule has 0 amide bonds. The number of unbranched alkanes of at least 4 members (excludes halogenated alkanes) is 9. The first kappa shape index (κ1) is 34.4. The zero-order chi connectivity index (χ0) is 33.9. The van der Waals surface area contributed by atoms with Crippen LogP contribution in [0.15, 0.2) is 77.2 Å². The lowest BCUT2D eigenvalue weighted by atomic mass is 9.77. The van der Waals surface area contributed by atoms with Gasteiger partial charge in [0.25, 0.3) is 0 Å². The van der Waals surface area contributed by atoms with Crippen molar-refractivity contribution in [3.05, 3.63) is 93.9 Å². The molecule has 0 bridgehead atoms. The molecule has 0 atom stereocenters. The summed E-state index contributed by atoms with van der Waals surface area (Å²) in [6.07, 6.45) is 16.2. The number of aliphatic hydroxyl groups is 1. The van der Waals surface area contributed by atoms with Gasteiger partial charge in [0.05, 0.1) is 22.1 Å². The number of allylic oxidation sites excluding steroid dienone is 5. The van der Waals surface area contributed by atoms with E-state index >= 15 is 0 Å². The number of ketones is 1. The smallest absolute Gasteiger partial charge is 0.335 e. The third-order valence-electron chi connectivity index (χ3n) is 10.6. The van der Waals surface area contributed by atoms with Gasteiger partial charge in [0.15, 0.2) is 5.71 Å². The fraction of sp³-hybridized carbons (Fsp3) is 0.488. The summed E-state index contributed by atoms with van der Waals surface area (Å²) in [5.74, 6) is -1.10. The Morgan fingerprint density at radius 1 is 0.830 bits per heavy atom. The van der Waals surface area contributed by atoms with Gasteiger partial charge in [-0.3, -0.25) is 4.79 Å². The summed E-state index contributed by atoms with van der Waals surface area (Å²) in [6, 6.07) is 13.7. The van der Waals surface area contributed by atoms with Crippen molar-refractivity contribution < 1.29 is 24.4 Å². The molecule has 0 unspecified atom stereocenters. The van der Waals surface area contributed by atoms with Crippen LogP contribution in [0.1, 0.15) is 127 Å². The molecule has 2 N–H and O–H groups in total. The molecule has 2 heterocycles. The Balaban J connectivity index is 1.41. The van der Waals surface area contributed by atoms with Crippen LogP contribution in [0.4, 0.5) is 11.4 Å². The molecule has 47 heavy (non-hydrogen) atoms. The SMILES string of the molecule is CCCCCCCCCCCC[N+]1=C(/C=C2\C(=O)C(/C=C3/N(CC)c4ccccc4C3(C)C)=C2O)C(C)(C)c2cc(C(=O)O)ccc21. The fourth-order valence-electron chi connectivity index (χ4n) is 7.69. The second-order valence-corrected chi connectivity index (χ2v) is 14.4. The molecule has 0 radical (unpaired) electrons. The van der Waals surface area contributed by atoms with Gasteiger partial charge in [-0.15, -0.1) is 0 Å². The van der Waals surface area contributed by atoms with Crippen LogP contribution in [0, 0.1) is 0 Å². The monoisotopic (exact) mass is 637 g/mol. The quantitative estimate of drug-likeness (QED) is 0.115. The first-order valence-corrected chi connectivity index (χ1v) is 17.8. The van der Waals surface area contributed by atoms with Crippen molar-refractivity contribution in [1.82, 2.24) is 0 Å². The normalized spacial score (nSPS) is 19.5. The van der Waals surface area contributed by atoms with Gasteiger partial charge in [0, 0.05) is 47.5 Å². The molecule has 250 valence electrons. The number of hydrogen-bond donors (Lipinski definition) is 2. The largest absolute Gasteiger partial charge is 0.506 e. The maximum absolute atomic E-state index is 13.7. The number of fused-ring (bicyclic) bond motifs is 2. The highest BCUT2D eigenvalue weighted by Crippen LogP contribution is 2.49. The molecular weight excluding hydrogens is 584 g/mol. The molecule has 0 spiro atoms. The van der Waals surface area contributed by atoms with Crippen LogP contribution in [-0.2, 0) is 15.6 Å². The summed E-state index contributed by atoms with van der Waals surface area (Å²) < 4.78 is 2.24. The number of aromatic carboxylic acids is 1. The Morgan fingerprint density at radius 2 is 1.47 bits per heavy atom. The third kappa shape index (κ3) is 6.48. The first-order valence-electron chi connectivity index (χ1n) is 17.8.